The molecular formula is C24H25FN4O4. The first-order valence-electron chi connectivity index (χ1n) is 10.7. The second kappa shape index (κ2) is 8.73. The predicted octanol–water partition coefficient (Wildman–Crippen LogP) is 4.49. The molecule has 2 aromatic heterocycles. The fraction of sp³-hybridized carbons (Fsp3) is 0.375. The van der Waals surface area contributed by atoms with Crippen molar-refractivity contribution in [3.63, 3.8) is 0 Å². The summed E-state index contributed by atoms with van der Waals surface area (Å²) in [6, 6.07) is 7.42. The summed E-state index contributed by atoms with van der Waals surface area (Å²) < 4.78 is 25.6. The first kappa shape index (κ1) is 22.6. The van der Waals surface area contributed by atoms with Gasteiger partial charge in [-0.1, -0.05) is 0 Å². The van der Waals surface area contributed by atoms with Gasteiger partial charge in [-0.05, 0) is 64.8 Å². The second-order valence-corrected chi connectivity index (χ2v) is 9.00. The normalized spacial score (nSPS) is 14.6. The first-order valence-corrected chi connectivity index (χ1v) is 10.7. The number of pyridine rings is 1. The molecule has 0 N–H and O–H groups in total. The highest BCUT2D eigenvalue weighted by Gasteiger charge is 2.31. The molecule has 1 atom stereocenters. The summed E-state index contributed by atoms with van der Waals surface area (Å²) in [7, 11) is 0. The zero-order valence-electron chi connectivity index (χ0n) is 18.9. The molecule has 0 spiro atoms. The second-order valence-electron chi connectivity index (χ2n) is 9.00. The summed E-state index contributed by atoms with van der Waals surface area (Å²) >= 11 is 0. The number of ketones is 1. The number of nitrogens with zero attached hydrogens (tertiary/aromatic N) is 4. The van der Waals surface area contributed by atoms with E-state index in [1.54, 1.807) is 39.8 Å². The highest BCUT2D eigenvalue weighted by atomic mass is 19.1. The van der Waals surface area contributed by atoms with Crippen LogP contribution in [0.25, 0.3) is 5.69 Å². The quantitative estimate of drug-likeness (QED) is 0.385. The Morgan fingerprint density at radius 2 is 1.91 bits per heavy atom. The molecule has 2 heterocycles. The Labute approximate surface area is 190 Å². The van der Waals surface area contributed by atoms with Crippen LogP contribution in [-0.4, -0.2) is 37.3 Å². The van der Waals surface area contributed by atoms with Crippen LogP contribution in [0.1, 0.15) is 73.2 Å². The van der Waals surface area contributed by atoms with Gasteiger partial charge >= 0.3 is 5.97 Å². The number of rotatable bonds is 7. The summed E-state index contributed by atoms with van der Waals surface area (Å²) in [4.78, 5) is 29.7. The van der Waals surface area contributed by atoms with Gasteiger partial charge in [0.15, 0.2) is 5.78 Å². The van der Waals surface area contributed by atoms with Crippen LogP contribution in [0.2, 0.25) is 0 Å². The van der Waals surface area contributed by atoms with Crippen molar-refractivity contribution >= 4 is 11.8 Å². The van der Waals surface area contributed by atoms with E-state index in [1.165, 1.54) is 35.4 Å². The fourth-order valence-electron chi connectivity index (χ4n) is 3.13. The highest BCUT2D eigenvalue weighted by molar-refractivity contribution is 5.97. The number of hydrogen-bond acceptors (Lipinski definition) is 7. The molecule has 0 radical (unpaired) electrons. The number of carbonyl (C=O) groups excluding carboxylic acids is 2. The smallest absolute Gasteiger partial charge is 0.341 e. The average Bonchev–Trinajstić information content (AvgIpc) is 3.48. The molecule has 9 heteroatoms. The minimum absolute atomic E-state index is 0.0717. The largest absolute Gasteiger partial charge is 0.483 e. The summed E-state index contributed by atoms with van der Waals surface area (Å²) in [5.41, 5.74) is 0.432. The number of hydrogen-bond donors (Lipinski definition) is 0. The lowest BCUT2D eigenvalue weighted by molar-refractivity contribution is 0.00646. The van der Waals surface area contributed by atoms with Gasteiger partial charge in [-0.15, -0.1) is 5.10 Å². The third kappa shape index (κ3) is 5.42. The van der Waals surface area contributed by atoms with E-state index in [0.717, 1.165) is 12.8 Å². The average molecular weight is 452 g/mol. The van der Waals surface area contributed by atoms with Gasteiger partial charge < -0.3 is 9.47 Å². The van der Waals surface area contributed by atoms with Crippen molar-refractivity contribution in [2.45, 2.75) is 52.2 Å². The maximum absolute atomic E-state index is 14.5. The lowest BCUT2D eigenvalue weighted by Crippen LogP contribution is -2.24. The molecule has 0 saturated heterocycles. The molecule has 1 saturated carbocycles. The van der Waals surface area contributed by atoms with Crippen LogP contribution < -0.4 is 4.74 Å². The molecule has 0 bridgehead atoms. The van der Waals surface area contributed by atoms with Gasteiger partial charge in [0.1, 0.15) is 34.7 Å². The van der Waals surface area contributed by atoms with E-state index >= 15 is 0 Å². The van der Waals surface area contributed by atoms with Crippen molar-refractivity contribution in [2.24, 2.45) is 5.92 Å². The van der Waals surface area contributed by atoms with Gasteiger partial charge in [-0.2, -0.15) is 9.90 Å². The van der Waals surface area contributed by atoms with Crippen LogP contribution in [0.4, 0.5) is 4.39 Å². The molecule has 8 nitrogen and oxygen atoms in total. The summed E-state index contributed by atoms with van der Waals surface area (Å²) in [5, 5.41) is 8.52. The van der Waals surface area contributed by atoms with Gasteiger partial charge in [0.25, 0.3) is 0 Å². The lowest BCUT2D eigenvalue weighted by Gasteiger charge is -2.19. The molecule has 1 aliphatic rings. The number of Topliss-reactive ketones (excluding diaryl/α,β-unsaturated/α-hetero) is 1. The van der Waals surface area contributed by atoms with Crippen LogP contribution in [-0.2, 0) is 4.74 Å². The molecule has 4 rings (SSSR count). The van der Waals surface area contributed by atoms with Crippen LogP contribution in [0.5, 0.6) is 5.75 Å². The molecule has 0 aliphatic heterocycles. The minimum Gasteiger partial charge on any atom is -0.483 e. The van der Waals surface area contributed by atoms with E-state index in [4.69, 9.17) is 9.47 Å². The Morgan fingerprint density at radius 3 is 2.52 bits per heavy atom. The molecule has 0 unspecified atom stereocenters. The zero-order chi connectivity index (χ0) is 23.8. The Bertz CT molecular complexity index is 1180. The molecule has 1 aliphatic carbocycles. The molecule has 0 amide bonds. The molecule has 1 fully saturated rings. The monoisotopic (exact) mass is 452 g/mol. The summed E-state index contributed by atoms with van der Waals surface area (Å²) in [6.07, 6.45) is 4.43. The Balaban J connectivity index is 1.43. The topological polar surface area (TPSA) is 96.2 Å². The third-order valence-electron chi connectivity index (χ3n) is 4.98. The summed E-state index contributed by atoms with van der Waals surface area (Å²) in [5.74, 6) is -0.779. The van der Waals surface area contributed by atoms with E-state index in [-0.39, 0.29) is 17.3 Å². The predicted molar refractivity (Wildman–Crippen MR) is 117 cm³/mol. The maximum Gasteiger partial charge on any atom is 0.341 e. The van der Waals surface area contributed by atoms with Crippen molar-refractivity contribution in [3.8, 4) is 11.4 Å². The molecule has 172 valence electrons. The Kier molecular flexibility index (Phi) is 5.97. The molecule has 33 heavy (non-hydrogen) atoms. The Hall–Kier alpha value is -3.62. The van der Waals surface area contributed by atoms with Crippen LogP contribution >= 0.6 is 0 Å². The van der Waals surface area contributed by atoms with Crippen molar-refractivity contribution in [3.05, 3.63) is 65.5 Å². The zero-order valence-corrected chi connectivity index (χ0v) is 18.9. The number of benzene rings is 1. The van der Waals surface area contributed by atoms with Crippen molar-refractivity contribution < 1.29 is 23.5 Å². The van der Waals surface area contributed by atoms with Crippen molar-refractivity contribution in [2.75, 3.05) is 0 Å². The maximum atomic E-state index is 14.5. The molecular weight excluding hydrogens is 427 g/mol. The number of halogens is 1. The van der Waals surface area contributed by atoms with E-state index in [2.05, 4.69) is 15.2 Å². The van der Waals surface area contributed by atoms with E-state index < -0.39 is 23.5 Å². The summed E-state index contributed by atoms with van der Waals surface area (Å²) in [6.45, 7) is 6.94. The minimum atomic E-state index is -0.735. The fourth-order valence-corrected chi connectivity index (χ4v) is 3.13. The SMILES string of the molecule is C[C@@H](Oc1ccc(C(=O)C2CC2)nc1)c1cnn(-c2ccc(C(=O)OC(C)(C)C)c(F)c2)n1. The van der Waals surface area contributed by atoms with E-state index in [9.17, 15) is 14.0 Å². The van der Waals surface area contributed by atoms with Crippen LogP contribution in [0.3, 0.4) is 0 Å². The van der Waals surface area contributed by atoms with Crippen LogP contribution in [0, 0.1) is 11.7 Å². The number of ether oxygens (including phenoxy) is 2. The standard InChI is InChI=1S/C24H25FN4O4/c1-14(32-17-8-10-20(26-12-17)22(30)15-5-6-15)21-13-27-29(28-21)16-7-9-18(19(25)11-16)23(31)33-24(2,3)4/h7-15H,5-6H2,1-4H3/t14-/m1/s1. The van der Waals surface area contributed by atoms with Crippen LogP contribution in [0.15, 0.2) is 42.7 Å². The number of esters is 1. The van der Waals surface area contributed by atoms with Gasteiger partial charge in [-0.3, -0.25) is 4.79 Å². The lowest BCUT2D eigenvalue weighted by atomic mass is 10.1. The first-order chi connectivity index (χ1) is 15.6. The highest BCUT2D eigenvalue weighted by Crippen LogP contribution is 2.32. The van der Waals surface area contributed by atoms with Gasteiger partial charge in [0.2, 0.25) is 0 Å². The van der Waals surface area contributed by atoms with Crippen molar-refractivity contribution in [1.82, 2.24) is 20.0 Å². The Morgan fingerprint density at radius 1 is 1.15 bits per heavy atom. The van der Waals surface area contributed by atoms with E-state index in [0.29, 0.717) is 22.8 Å². The van der Waals surface area contributed by atoms with Gasteiger partial charge in [-0.25, -0.2) is 14.2 Å². The molecule has 3 aromatic rings. The van der Waals surface area contributed by atoms with Gasteiger partial charge in [0, 0.05) is 12.0 Å². The van der Waals surface area contributed by atoms with E-state index in [1.807, 2.05) is 0 Å². The number of aromatic nitrogens is 4. The third-order valence-corrected chi connectivity index (χ3v) is 4.98. The van der Waals surface area contributed by atoms with Gasteiger partial charge in [0.05, 0.1) is 23.6 Å². The molecule has 1 aromatic carbocycles. The number of carbonyl (C=O) groups is 2. The van der Waals surface area contributed by atoms with Crippen molar-refractivity contribution in [1.29, 1.82) is 0 Å².